The molecule has 0 aromatic heterocycles. The van der Waals surface area contributed by atoms with Gasteiger partial charge in [0, 0.05) is 12.2 Å². The van der Waals surface area contributed by atoms with E-state index in [2.05, 4.69) is 5.32 Å². The standard InChI is InChI=1S/C12H13N3O4/c13-4-1-5-15-11(16)7-19-8-2-3-10(14)9(6-8)12(17)18/h2-3,6H,1,5,7,14H2,(H,15,16)(H,17,18). The van der Waals surface area contributed by atoms with Gasteiger partial charge in [-0.05, 0) is 18.2 Å². The predicted molar refractivity (Wildman–Crippen MR) is 66.5 cm³/mol. The highest BCUT2D eigenvalue weighted by atomic mass is 16.5. The van der Waals surface area contributed by atoms with E-state index in [-0.39, 0.29) is 42.5 Å². The predicted octanol–water partition coefficient (Wildman–Crippen LogP) is 0.376. The topological polar surface area (TPSA) is 125 Å². The highest BCUT2D eigenvalue weighted by Crippen LogP contribution is 2.19. The number of nitrogens with one attached hydrogen (secondary N) is 1. The van der Waals surface area contributed by atoms with Crippen molar-refractivity contribution < 1.29 is 19.4 Å². The minimum absolute atomic E-state index is 0.0811. The van der Waals surface area contributed by atoms with Crippen LogP contribution in [0, 0.1) is 11.3 Å². The lowest BCUT2D eigenvalue weighted by atomic mass is 10.2. The van der Waals surface area contributed by atoms with E-state index in [0.29, 0.717) is 0 Å². The number of rotatable bonds is 6. The van der Waals surface area contributed by atoms with Gasteiger partial charge in [-0.1, -0.05) is 0 Å². The average Bonchev–Trinajstić information content (AvgIpc) is 2.37. The van der Waals surface area contributed by atoms with Gasteiger partial charge in [-0.3, -0.25) is 4.79 Å². The van der Waals surface area contributed by atoms with E-state index < -0.39 is 5.97 Å². The van der Waals surface area contributed by atoms with Crippen molar-refractivity contribution >= 4 is 17.6 Å². The molecule has 1 aromatic carbocycles. The van der Waals surface area contributed by atoms with E-state index in [1.165, 1.54) is 18.2 Å². The molecule has 4 N–H and O–H groups in total. The highest BCUT2D eigenvalue weighted by Gasteiger charge is 2.10. The molecule has 0 radical (unpaired) electrons. The number of nitrogens with two attached hydrogens (primary N) is 1. The van der Waals surface area contributed by atoms with Crippen LogP contribution in [0.4, 0.5) is 5.69 Å². The molecule has 0 aliphatic carbocycles. The number of hydrogen-bond donors (Lipinski definition) is 3. The highest BCUT2D eigenvalue weighted by molar-refractivity contribution is 5.94. The molecule has 0 spiro atoms. The number of carbonyl (C=O) groups is 2. The van der Waals surface area contributed by atoms with Crippen LogP contribution in [0.15, 0.2) is 18.2 Å². The van der Waals surface area contributed by atoms with Crippen LogP contribution >= 0.6 is 0 Å². The molecular weight excluding hydrogens is 250 g/mol. The Bertz CT molecular complexity index is 522. The normalized spacial score (nSPS) is 9.42. The maximum absolute atomic E-state index is 11.3. The van der Waals surface area contributed by atoms with E-state index in [9.17, 15) is 9.59 Å². The zero-order valence-electron chi connectivity index (χ0n) is 10.0. The van der Waals surface area contributed by atoms with Crippen LogP contribution in [0.2, 0.25) is 0 Å². The van der Waals surface area contributed by atoms with Gasteiger partial charge in [-0.15, -0.1) is 0 Å². The summed E-state index contributed by atoms with van der Waals surface area (Å²) in [4.78, 5) is 22.1. The molecule has 100 valence electrons. The fraction of sp³-hybridized carbons (Fsp3) is 0.250. The smallest absolute Gasteiger partial charge is 0.337 e. The number of nitrogen functional groups attached to an aromatic ring is 1. The SMILES string of the molecule is N#CCCNC(=O)COc1ccc(N)c(C(=O)O)c1. The Kier molecular flexibility index (Phi) is 5.17. The molecule has 0 aliphatic heterocycles. The van der Waals surface area contributed by atoms with E-state index >= 15 is 0 Å². The van der Waals surface area contributed by atoms with E-state index in [0.717, 1.165) is 0 Å². The number of nitrogens with zero attached hydrogens (tertiary/aromatic N) is 1. The second-order valence-electron chi connectivity index (χ2n) is 3.60. The Morgan fingerprint density at radius 2 is 2.21 bits per heavy atom. The summed E-state index contributed by atoms with van der Waals surface area (Å²) in [6, 6.07) is 6.01. The van der Waals surface area contributed by atoms with Crippen molar-refractivity contribution in [3.05, 3.63) is 23.8 Å². The Morgan fingerprint density at radius 3 is 2.84 bits per heavy atom. The molecule has 7 nitrogen and oxygen atoms in total. The van der Waals surface area contributed by atoms with Gasteiger partial charge in [0.15, 0.2) is 6.61 Å². The molecule has 0 bridgehead atoms. The maximum atomic E-state index is 11.3. The number of aromatic carboxylic acids is 1. The lowest BCUT2D eigenvalue weighted by Gasteiger charge is -2.08. The van der Waals surface area contributed by atoms with Crippen molar-refractivity contribution in [3.63, 3.8) is 0 Å². The number of nitriles is 1. The van der Waals surface area contributed by atoms with Crippen molar-refractivity contribution in [2.45, 2.75) is 6.42 Å². The van der Waals surface area contributed by atoms with Gasteiger partial charge >= 0.3 is 5.97 Å². The van der Waals surface area contributed by atoms with Gasteiger partial charge in [0.1, 0.15) is 5.75 Å². The molecule has 1 aromatic rings. The van der Waals surface area contributed by atoms with Gasteiger partial charge in [0.25, 0.3) is 5.91 Å². The van der Waals surface area contributed by atoms with Crippen molar-refractivity contribution in [2.75, 3.05) is 18.9 Å². The number of carbonyl (C=O) groups excluding carboxylic acids is 1. The lowest BCUT2D eigenvalue weighted by molar-refractivity contribution is -0.123. The van der Waals surface area contributed by atoms with Crippen LogP contribution in [0.25, 0.3) is 0 Å². The van der Waals surface area contributed by atoms with Crippen molar-refractivity contribution in [1.29, 1.82) is 5.26 Å². The molecular formula is C12H13N3O4. The van der Waals surface area contributed by atoms with E-state index in [1.54, 1.807) is 0 Å². The first-order valence-electron chi connectivity index (χ1n) is 5.44. The second-order valence-corrected chi connectivity index (χ2v) is 3.60. The number of carboxylic acid groups (broad SMARTS) is 1. The van der Waals surface area contributed by atoms with Crippen LogP contribution in [-0.2, 0) is 4.79 Å². The first-order chi connectivity index (χ1) is 9.04. The van der Waals surface area contributed by atoms with Crippen LogP contribution in [0.3, 0.4) is 0 Å². The summed E-state index contributed by atoms with van der Waals surface area (Å²) in [6.45, 7) is -0.00475. The number of amides is 1. The van der Waals surface area contributed by atoms with E-state index in [1.807, 2.05) is 6.07 Å². The molecule has 7 heteroatoms. The Balaban J connectivity index is 2.54. The fourth-order valence-corrected chi connectivity index (χ4v) is 1.27. The molecule has 0 fully saturated rings. The third-order valence-electron chi connectivity index (χ3n) is 2.18. The number of carboxylic acids is 1. The summed E-state index contributed by atoms with van der Waals surface area (Å²) in [5.74, 6) is -1.31. The van der Waals surface area contributed by atoms with Crippen LogP contribution in [0.5, 0.6) is 5.75 Å². The van der Waals surface area contributed by atoms with Crippen molar-refractivity contribution in [3.8, 4) is 11.8 Å². The van der Waals surface area contributed by atoms with Gasteiger partial charge in [-0.2, -0.15) is 5.26 Å². The molecule has 0 unspecified atom stereocenters. The molecule has 19 heavy (non-hydrogen) atoms. The number of ether oxygens (including phenoxy) is 1. The maximum Gasteiger partial charge on any atom is 0.337 e. The summed E-state index contributed by atoms with van der Waals surface area (Å²) in [5, 5.41) is 19.6. The van der Waals surface area contributed by atoms with Gasteiger partial charge in [0.05, 0.1) is 18.1 Å². The Hall–Kier alpha value is -2.75. The molecule has 1 rings (SSSR count). The van der Waals surface area contributed by atoms with E-state index in [4.69, 9.17) is 20.8 Å². The molecule has 0 saturated heterocycles. The minimum Gasteiger partial charge on any atom is -0.484 e. The molecule has 0 heterocycles. The third-order valence-corrected chi connectivity index (χ3v) is 2.18. The molecule has 1 amide bonds. The Morgan fingerprint density at radius 1 is 1.47 bits per heavy atom. The zero-order valence-corrected chi connectivity index (χ0v) is 10.0. The third kappa shape index (κ3) is 4.55. The fourth-order valence-electron chi connectivity index (χ4n) is 1.27. The van der Waals surface area contributed by atoms with Gasteiger partial charge in [0.2, 0.25) is 0 Å². The Labute approximate surface area is 109 Å². The number of hydrogen-bond acceptors (Lipinski definition) is 5. The first kappa shape index (κ1) is 14.3. The monoisotopic (exact) mass is 263 g/mol. The summed E-state index contributed by atoms with van der Waals surface area (Å²) in [5.41, 5.74) is 5.52. The average molecular weight is 263 g/mol. The van der Waals surface area contributed by atoms with Crippen LogP contribution < -0.4 is 15.8 Å². The molecule has 0 atom stereocenters. The van der Waals surface area contributed by atoms with Crippen molar-refractivity contribution in [1.82, 2.24) is 5.32 Å². The number of anilines is 1. The van der Waals surface area contributed by atoms with Crippen LogP contribution in [-0.4, -0.2) is 30.1 Å². The second kappa shape index (κ2) is 6.86. The largest absolute Gasteiger partial charge is 0.484 e. The van der Waals surface area contributed by atoms with Gasteiger partial charge < -0.3 is 20.9 Å². The minimum atomic E-state index is -1.17. The van der Waals surface area contributed by atoms with Gasteiger partial charge in [-0.25, -0.2) is 4.79 Å². The summed E-state index contributed by atoms with van der Waals surface area (Å²) >= 11 is 0. The first-order valence-corrected chi connectivity index (χ1v) is 5.44. The number of benzene rings is 1. The lowest BCUT2D eigenvalue weighted by Crippen LogP contribution is -2.29. The summed E-state index contributed by atoms with van der Waals surface area (Å²) in [6.07, 6.45) is 0.219. The summed E-state index contributed by atoms with van der Waals surface area (Å²) < 4.78 is 5.13. The van der Waals surface area contributed by atoms with Crippen LogP contribution in [0.1, 0.15) is 16.8 Å². The zero-order chi connectivity index (χ0) is 14.3. The molecule has 0 aliphatic rings. The molecule has 0 saturated carbocycles. The van der Waals surface area contributed by atoms with Crippen molar-refractivity contribution in [2.24, 2.45) is 0 Å². The summed E-state index contributed by atoms with van der Waals surface area (Å²) in [7, 11) is 0. The quantitative estimate of drug-likeness (QED) is 0.503.